The fourth-order valence-electron chi connectivity index (χ4n) is 3.22. The summed E-state index contributed by atoms with van der Waals surface area (Å²) in [5.41, 5.74) is 3.53. The number of nitrogens with zero attached hydrogens (tertiary/aromatic N) is 1. The number of carbonyl (C=O) groups is 2. The van der Waals surface area contributed by atoms with Gasteiger partial charge in [-0.1, -0.05) is 30.3 Å². The minimum absolute atomic E-state index is 0.0889. The highest BCUT2D eigenvalue weighted by atomic mass is 16.2. The van der Waals surface area contributed by atoms with Crippen LogP contribution in [0.2, 0.25) is 0 Å². The van der Waals surface area contributed by atoms with Gasteiger partial charge in [0.15, 0.2) is 0 Å². The van der Waals surface area contributed by atoms with E-state index in [1.807, 2.05) is 18.3 Å². The fraction of sp³-hybridized carbons (Fsp3) is 0.350. The second-order valence-electron chi connectivity index (χ2n) is 6.64. The molecule has 2 aromatic rings. The second kappa shape index (κ2) is 8.03. The number of amides is 1. The molecule has 25 heavy (non-hydrogen) atoms. The maximum Gasteiger partial charge on any atom is 0.237 e. The molecule has 0 aliphatic carbocycles. The normalized spacial score (nSPS) is 20.8. The molecule has 0 saturated carbocycles. The van der Waals surface area contributed by atoms with E-state index in [0.717, 1.165) is 36.8 Å². The van der Waals surface area contributed by atoms with E-state index in [1.54, 1.807) is 13.1 Å². The van der Waals surface area contributed by atoms with Crippen LogP contribution in [0.1, 0.15) is 18.9 Å². The molecule has 1 aromatic carbocycles. The van der Waals surface area contributed by atoms with Crippen LogP contribution in [0.15, 0.2) is 48.8 Å². The zero-order valence-electron chi connectivity index (χ0n) is 14.3. The van der Waals surface area contributed by atoms with E-state index in [1.165, 1.54) is 5.56 Å². The first-order valence-electron chi connectivity index (χ1n) is 8.64. The Labute approximate surface area is 147 Å². The Hall–Kier alpha value is -2.53. The van der Waals surface area contributed by atoms with E-state index in [4.69, 9.17) is 0 Å². The maximum atomic E-state index is 12.1. The van der Waals surface area contributed by atoms with E-state index >= 15 is 0 Å². The van der Waals surface area contributed by atoms with Crippen molar-refractivity contribution in [1.29, 1.82) is 0 Å². The Balaban J connectivity index is 1.55. The number of benzene rings is 1. The summed E-state index contributed by atoms with van der Waals surface area (Å²) in [7, 11) is 0. The molecule has 130 valence electrons. The first-order valence-corrected chi connectivity index (χ1v) is 8.64. The van der Waals surface area contributed by atoms with E-state index in [2.05, 4.69) is 39.9 Å². The van der Waals surface area contributed by atoms with Crippen molar-refractivity contribution < 1.29 is 9.59 Å². The molecule has 3 rings (SSSR count). The van der Waals surface area contributed by atoms with E-state index < -0.39 is 6.04 Å². The molecule has 2 heterocycles. The van der Waals surface area contributed by atoms with Crippen molar-refractivity contribution in [3.05, 3.63) is 54.4 Å². The maximum absolute atomic E-state index is 12.1. The lowest BCUT2D eigenvalue weighted by atomic mass is 9.95. The van der Waals surface area contributed by atoms with Crippen LogP contribution in [-0.2, 0) is 16.0 Å². The van der Waals surface area contributed by atoms with Gasteiger partial charge < -0.3 is 15.4 Å². The highest BCUT2D eigenvalue weighted by molar-refractivity contribution is 5.84. The number of aromatic nitrogens is 1. The molecule has 0 unspecified atom stereocenters. The number of aldehydes is 1. The second-order valence-corrected chi connectivity index (χ2v) is 6.64. The fourth-order valence-corrected chi connectivity index (χ4v) is 3.22. The molecule has 2 N–H and O–H groups in total. The van der Waals surface area contributed by atoms with Crippen molar-refractivity contribution in [2.24, 2.45) is 5.92 Å². The molecular weight excluding hydrogens is 314 g/mol. The first kappa shape index (κ1) is 17.3. The molecule has 5 heteroatoms. The standard InChI is InChI=1S/C20H23N3O2/c1-14(13-24)23-20(25)19-10-16(11-22-19)9-15-4-6-17(7-5-15)18-3-2-8-21-12-18/h2-8,12-14,16,19,22H,9-11H2,1H3,(H,23,25)/t14-,16-,19+/m0/s1. The van der Waals surface area contributed by atoms with Gasteiger partial charge in [-0.2, -0.15) is 0 Å². The topological polar surface area (TPSA) is 71.1 Å². The van der Waals surface area contributed by atoms with Gasteiger partial charge in [0.2, 0.25) is 5.91 Å². The van der Waals surface area contributed by atoms with Gasteiger partial charge in [-0.25, -0.2) is 0 Å². The summed E-state index contributed by atoms with van der Waals surface area (Å²) in [5, 5.41) is 5.96. The molecule has 0 spiro atoms. The molecule has 1 aliphatic rings. The van der Waals surface area contributed by atoms with Crippen molar-refractivity contribution in [3.63, 3.8) is 0 Å². The number of hydrogen-bond acceptors (Lipinski definition) is 4. The Morgan fingerprint density at radius 1 is 1.32 bits per heavy atom. The van der Waals surface area contributed by atoms with Crippen molar-refractivity contribution in [3.8, 4) is 11.1 Å². The van der Waals surface area contributed by atoms with Crippen LogP contribution in [0, 0.1) is 5.92 Å². The van der Waals surface area contributed by atoms with Gasteiger partial charge in [-0.15, -0.1) is 0 Å². The number of hydrogen-bond donors (Lipinski definition) is 2. The monoisotopic (exact) mass is 337 g/mol. The number of rotatable bonds is 6. The van der Waals surface area contributed by atoms with Gasteiger partial charge in [-0.3, -0.25) is 9.78 Å². The van der Waals surface area contributed by atoms with Gasteiger partial charge in [0.25, 0.3) is 0 Å². The van der Waals surface area contributed by atoms with Gasteiger partial charge in [0.05, 0.1) is 12.1 Å². The average Bonchev–Trinajstić information content (AvgIpc) is 3.11. The quantitative estimate of drug-likeness (QED) is 0.791. The highest BCUT2D eigenvalue weighted by Gasteiger charge is 2.29. The number of pyridine rings is 1. The summed E-state index contributed by atoms with van der Waals surface area (Å²) in [6.45, 7) is 2.50. The molecule has 1 aromatic heterocycles. The smallest absolute Gasteiger partial charge is 0.237 e. The third-order valence-electron chi connectivity index (χ3n) is 4.59. The average molecular weight is 337 g/mol. The minimum Gasteiger partial charge on any atom is -0.346 e. The van der Waals surface area contributed by atoms with Gasteiger partial charge in [-0.05, 0) is 55.0 Å². The summed E-state index contributed by atoms with van der Waals surface area (Å²) in [4.78, 5) is 26.9. The Kier molecular flexibility index (Phi) is 5.56. The molecule has 1 aliphatic heterocycles. The molecule has 5 nitrogen and oxygen atoms in total. The molecule has 1 fully saturated rings. The molecule has 3 atom stereocenters. The molecule has 1 amide bonds. The van der Waals surface area contributed by atoms with E-state index in [-0.39, 0.29) is 11.9 Å². The van der Waals surface area contributed by atoms with Crippen LogP contribution >= 0.6 is 0 Å². The summed E-state index contributed by atoms with van der Waals surface area (Å²) < 4.78 is 0. The number of carbonyl (C=O) groups excluding carboxylic acids is 2. The predicted octanol–water partition coefficient (Wildman–Crippen LogP) is 1.97. The minimum atomic E-state index is -0.437. The molecule has 0 radical (unpaired) electrons. The number of nitrogens with one attached hydrogen (secondary N) is 2. The summed E-state index contributed by atoms with van der Waals surface area (Å²) >= 11 is 0. The predicted molar refractivity (Wildman–Crippen MR) is 96.9 cm³/mol. The molecule has 1 saturated heterocycles. The Bertz CT molecular complexity index is 715. The zero-order valence-corrected chi connectivity index (χ0v) is 14.3. The van der Waals surface area contributed by atoms with Crippen LogP contribution in [0.4, 0.5) is 0 Å². The Morgan fingerprint density at radius 3 is 2.80 bits per heavy atom. The third-order valence-corrected chi connectivity index (χ3v) is 4.59. The lowest BCUT2D eigenvalue weighted by molar-refractivity contribution is -0.125. The van der Waals surface area contributed by atoms with Crippen LogP contribution in [-0.4, -0.2) is 35.8 Å². The van der Waals surface area contributed by atoms with E-state index in [9.17, 15) is 9.59 Å². The van der Waals surface area contributed by atoms with Gasteiger partial charge >= 0.3 is 0 Å². The highest BCUT2D eigenvalue weighted by Crippen LogP contribution is 2.22. The summed E-state index contributed by atoms with van der Waals surface area (Å²) in [5.74, 6) is 0.334. The van der Waals surface area contributed by atoms with Crippen molar-refractivity contribution in [2.45, 2.75) is 31.8 Å². The Morgan fingerprint density at radius 2 is 2.12 bits per heavy atom. The van der Waals surface area contributed by atoms with Crippen LogP contribution in [0.25, 0.3) is 11.1 Å². The largest absolute Gasteiger partial charge is 0.346 e. The third kappa shape index (κ3) is 4.51. The van der Waals surface area contributed by atoms with Crippen LogP contribution < -0.4 is 10.6 Å². The van der Waals surface area contributed by atoms with Crippen molar-refractivity contribution in [1.82, 2.24) is 15.6 Å². The van der Waals surface area contributed by atoms with Gasteiger partial charge in [0, 0.05) is 12.4 Å². The zero-order chi connectivity index (χ0) is 17.6. The van der Waals surface area contributed by atoms with Crippen molar-refractivity contribution in [2.75, 3.05) is 6.54 Å². The first-order chi connectivity index (χ1) is 12.2. The SMILES string of the molecule is C[C@@H](C=O)NC(=O)[C@H]1C[C@H](Cc2ccc(-c3cccnc3)cc2)CN1. The van der Waals surface area contributed by atoms with Crippen LogP contribution in [0.3, 0.4) is 0 Å². The lowest BCUT2D eigenvalue weighted by Gasteiger charge is -2.13. The van der Waals surface area contributed by atoms with Crippen molar-refractivity contribution >= 4 is 12.2 Å². The summed E-state index contributed by atoms with van der Waals surface area (Å²) in [6.07, 6.45) is 6.11. The molecule has 0 bridgehead atoms. The van der Waals surface area contributed by atoms with Gasteiger partial charge in [0.1, 0.15) is 6.29 Å². The molecular formula is C20H23N3O2. The van der Waals surface area contributed by atoms with E-state index in [0.29, 0.717) is 5.92 Å². The lowest BCUT2D eigenvalue weighted by Crippen LogP contribution is -2.44. The summed E-state index contributed by atoms with van der Waals surface area (Å²) in [6, 6.07) is 11.9. The van der Waals surface area contributed by atoms with Crippen LogP contribution in [0.5, 0.6) is 0 Å².